The molecule has 0 saturated heterocycles. The van der Waals surface area contributed by atoms with E-state index in [0.29, 0.717) is 0 Å². The molecule has 0 atom stereocenters. The summed E-state index contributed by atoms with van der Waals surface area (Å²) in [5.74, 6) is 0.878. The Morgan fingerprint density at radius 2 is 2.18 bits per heavy atom. The predicted octanol–water partition coefficient (Wildman–Crippen LogP) is 3.18. The largest absolute Gasteiger partial charge is 0.496 e. The lowest BCUT2D eigenvalue weighted by molar-refractivity contribution is 0.412. The van der Waals surface area contributed by atoms with Crippen molar-refractivity contribution >= 4 is 27.7 Å². The molecule has 0 radical (unpaired) electrons. The highest BCUT2D eigenvalue weighted by atomic mass is 79.9. The minimum atomic E-state index is 0.878. The van der Waals surface area contributed by atoms with Crippen LogP contribution in [0.3, 0.4) is 0 Å². The molecular formula is C8H9BrOS. The predicted molar refractivity (Wildman–Crippen MR) is 52.5 cm³/mol. The third-order valence-corrected chi connectivity index (χ3v) is 2.70. The Hall–Kier alpha value is -0.150. The van der Waals surface area contributed by atoms with E-state index in [1.165, 1.54) is 4.90 Å². The van der Waals surface area contributed by atoms with Crippen LogP contribution < -0.4 is 4.74 Å². The highest BCUT2D eigenvalue weighted by molar-refractivity contribution is 9.10. The van der Waals surface area contributed by atoms with Gasteiger partial charge < -0.3 is 4.74 Å². The molecule has 0 aliphatic heterocycles. The van der Waals surface area contributed by atoms with Gasteiger partial charge in [-0.25, -0.2) is 0 Å². The summed E-state index contributed by atoms with van der Waals surface area (Å²) >= 11 is 5.13. The summed E-state index contributed by atoms with van der Waals surface area (Å²) in [7, 11) is 1.67. The van der Waals surface area contributed by atoms with Crippen molar-refractivity contribution in [1.29, 1.82) is 0 Å². The molecule has 3 heteroatoms. The molecule has 0 fully saturated rings. The van der Waals surface area contributed by atoms with E-state index in [4.69, 9.17) is 4.74 Å². The summed E-state index contributed by atoms with van der Waals surface area (Å²) in [6.07, 6.45) is 2.05. The molecule has 0 unspecified atom stereocenters. The maximum absolute atomic E-state index is 5.09. The number of thioether (sulfide) groups is 1. The van der Waals surface area contributed by atoms with Crippen molar-refractivity contribution in [3.05, 3.63) is 22.7 Å². The maximum atomic E-state index is 5.09. The molecule has 1 nitrogen and oxygen atoms in total. The smallest absolute Gasteiger partial charge is 0.133 e. The lowest BCUT2D eigenvalue weighted by Gasteiger charge is -2.03. The van der Waals surface area contributed by atoms with E-state index in [9.17, 15) is 0 Å². The van der Waals surface area contributed by atoms with Crippen LogP contribution in [0.1, 0.15) is 0 Å². The van der Waals surface area contributed by atoms with E-state index in [2.05, 4.69) is 15.9 Å². The van der Waals surface area contributed by atoms with Gasteiger partial charge in [0.15, 0.2) is 0 Å². The van der Waals surface area contributed by atoms with Gasteiger partial charge in [0.1, 0.15) is 5.75 Å². The fourth-order valence-electron chi connectivity index (χ4n) is 0.774. The Balaban J connectivity index is 2.99. The van der Waals surface area contributed by atoms with Crippen LogP contribution in [0.2, 0.25) is 0 Å². The highest BCUT2D eigenvalue weighted by Gasteiger charge is 1.98. The van der Waals surface area contributed by atoms with Gasteiger partial charge in [0.2, 0.25) is 0 Å². The van der Waals surface area contributed by atoms with Crippen LogP contribution in [0.4, 0.5) is 0 Å². The van der Waals surface area contributed by atoms with Crippen molar-refractivity contribution in [2.45, 2.75) is 4.90 Å². The van der Waals surface area contributed by atoms with Crippen molar-refractivity contribution in [2.75, 3.05) is 13.4 Å². The number of rotatable bonds is 2. The van der Waals surface area contributed by atoms with Gasteiger partial charge in [0.05, 0.1) is 11.6 Å². The molecule has 0 aliphatic rings. The Morgan fingerprint density at radius 3 is 2.64 bits per heavy atom. The molecule has 0 saturated carbocycles. The first-order valence-corrected chi connectivity index (χ1v) is 5.17. The standard InChI is InChI=1S/C8H9BrOS/c1-10-8-4-3-6(11-2)5-7(8)9/h3-5H,1-2H3. The minimum Gasteiger partial charge on any atom is -0.496 e. The second-order valence-electron chi connectivity index (χ2n) is 2.00. The summed E-state index contributed by atoms with van der Waals surface area (Å²) in [6, 6.07) is 6.04. The van der Waals surface area contributed by atoms with E-state index in [-0.39, 0.29) is 0 Å². The van der Waals surface area contributed by atoms with Crippen molar-refractivity contribution in [3.8, 4) is 5.75 Å². The third kappa shape index (κ3) is 2.14. The van der Waals surface area contributed by atoms with E-state index in [1.54, 1.807) is 18.9 Å². The number of benzene rings is 1. The lowest BCUT2D eigenvalue weighted by atomic mass is 10.3. The van der Waals surface area contributed by atoms with Gasteiger partial charge in [-0.2, -0.15) is 0 Å². The van der Waals surface area contributed by atoms with Crippen molar-refractivity contribution in [1.82, 2.24) is 0 Å². The molecule has 1 aromatic carbocycles. The van der Waals surface area contributed by atoms with Gasteiger partial charge in [-0.3, -0.25) is 0 Å². The highest BCUT2D eigenvalue weighted by Crippen LogP contribution is 2.28. The summed E-state index contributed by atoms with van der Waals surface area (Å²) in [4.78, 5) is 1.23. The molecule has 60 valence electrons. The number of hydrogen-bond acceptors (Lipinski definition) is 2. The average Bonchev–Trinajstić information content (AvgIpc) is 2.04. The van der Waals surface area contributed by atoms with Crippen LogP contribution in [-0.2, 0) is 0 Å². The topological polar surface area (TPSA) is 9.23 Å². The van der Waals surface area contributed by atoms with Gasteiger partial charge in [-0.05, 0) is 40.4 Å². The van der Waals surface area contributed by atoms with Crippen LogP contribution in [0, 0.1) is 0 Å². The number of ether oxygens (including phenoxy) is 1. The van der Waals surface area contributed by atoms with E-state index in [0.717, 1.165) is 10.2 Å². The molecule has 0 aromatic heterocycles. The zero-order chi connectivity index (χ0) is 8.27. The molecule has 0 bridgehead atoms. The normalized spacial score (nSPS) is 9.73. The van der Waals surface area contributed by atoms with Gasteiger partial charge in [-0.15, -0.1) is 11.8 Å². The maximum Gasteiger partial charge on any atom is 0.133 e. The van der Waals surface area contributed by atoms with Gasteiger partial charge >= 0.3 is 0 Å². The summed E-state index contributed by atoms with van der Waals surface area (Å²) in [5.41, 5.74) is 0. The molecule has 0 aliphatic carbocycles. The number of methoxy groups -OCH3 is 1. The van der Waals surface area contributed by atoms with Crippen molar-refractivity contribution in [2.24, 2.45) is 0 Å². The summed E-state index contributed by atoms with van der Waals surface area (Å²) in [5, 5.41) is 0. The fourth-order valence-corrected chi connectivity index (χ4v) is 1.91. The molecule has 1 rings (SSSR count). The van der Waals surface area contributed by atoms with E-state index >= 15 is 0 Å². The number of halogens is 1. The monoisotopic (exact) mass is 232 g/mol. The van der Waals surface area contributed by atoms with Crippen LogP contribution in [0.15, 0.2) is 27.6 Å². The first kappa shape index (κ1) is 8.94. The zero-order valence-electron chi connectivity index (χ0n) is 6.43. The Kier molecular flexibility index (Phi) is 3.27. The first-order valence-electron chi connectivity index (χ1n) is 3.15. The van der Waals surface area contributed by atoms with Gasteiger partial charge in [-0.1, -0.05) is 0 Å². The van der Waals surface area contributed by atoms with E-state index in [1.807, 2.05) is 24.5 Å². The third-order valence-electron chi connectivity index (χ3n) is 1.36. The molecule has 0 amide bonds. The lowest BCUT2D eigenvalue weighted by Crippen LogP contribution is -1.83. The van der Waals surface area contributed by atoms with Crippen LogP contribution in [-0.4, -0.2) is 13.4 Å². The van der Waals surface area contributed by atoms with Gasteiger partial charge in [0.25, 0.3) is 0 Å². The van der Waals surface area contributed by atoms with Crippen LogP contribution >= 0.6 is 27.7 Å². The average molecular weight is 233 g/mol. The van der Waals surface area contributed by atoms with E-state index < -0.39 is 0 Å². The second kappa shape index (κ2) is 4.02. The SMILES string of the molecule is COc1ccc(SC)cc1Br. The summed E-state index contributed by atoms with van der Waals surface area (Å²) < 4.78 is 6.09. The van der Waals surface area contributed by atoms with Crippen LogP contribution in [0.25, 0.3) is 0 Å². The molecule has 11 heavy (non-hydrogen) atoms. The zero-order valence-corrected chi connectivity index (χ0v) is 8.83. The summed E-state index contributed by atoms with van der Waals surface area (Å²) in [6.45, 7) is 0. The second-order valence-corrected chi connectivity index (χ2v) is 3.73. The van der Waals surface area contributed by atoms with Crippen molar-refractivity contribution < 1.29 is 4.74 Å². The molecule has 0 N–H and O–H groups in total. The Morgan fingerprint density at radius 1 is 1.45 bits per heavy atom. The van der Waals surface area contributed by atoms with Crippen LogP contribution in [0.5, 0.6) is 5.75 Å². The molecular weight excluding hydrogens is 224 g/mol. The first-order chi connectivity index (χ1) is 5.27. The number of hydrogen-bond donors (Lipinski definition) is 0. The minimum absolute atomic E-state index is 0.878. The van der Waals surface area contributed by atoms with Crippen molar-refractivity contribution in [3.63, 3.8) is 0 Å². The molecule has 0 spiro atoms. The Labute approximate surface area is 79.3 Å². The fraction of sp³-hybridized carbons (Fsp3) is 0.250. The van der Waals surface area contributed by atoms with Gasteiger partial charge in [0, 0.05) is 4.90 Å². The Bertz CT molecular complexity index is 250. The molecule has 1 aromatic rings. The quantitative estimate of drug-likeness (QED) is 0.725. The molecule has 0 heterocycles.